The van der Waals surface area contributed by atoms with Gasteiger partial charge in [-0.05, 0) is 36.4 Å². The third-order valence-electron chi connectivity index (χ3n) is 2.40. The van der Waals surface area contributed by atoms with Crippen molar-refractivity contribution in [1.82, 2.24) is 0 Å². The van der Waals surface area contributed by atoms with Crippen molar-refractivity contribution in [3.8, 4) is 5.75 Å². The van der Waals surface area contributed by atoms with Gasteiger partial charge in [0.2, 0.25) is 0 Å². The van der Waals surface area contributed by atoms with Crippen LogP contribution in [0.2, 0.25) is 10.0 Å². The Morgan fingerprint density at radius 2 is 1.67 bits per heavy atom. The molecule has 2 aromatic carbocycles. The molecular formula is C14H12Cl2N2O3. The van der Waals surface area contributed by atoms with E-state index in [1.54, 1.807) is 6.07 Å². The van der Waals surface area contributed by atoms with Gasteiger partial charge in [0.25, 0.3) is 5.91 Å². The van der Waals surface area contributed by atoms with Gasteiger partial charge in [-0.1, -0.05) is 23.2 Å². The Morgan fingerprint density at radius 1 is 1.10 bits per heavy atom. The summed E-state index contributed by atoms with van der Waals surface area (Å²) in [6.45, 7) is 0. The van der Waals surface area contributed by atoms with Crippen LogP contribution in [0.1, 0.15) is 20.7 Å². The van der Waals surface area contributed by atoms with Gasteiger partial charge < -0.3 is 16.6 Å². The fraction of sp³-hybridized carbons (Fsp3) is 0. The fourth-order valence-corrected chi connectivity index (χ4v) is 1.74. The average Bonchev–Trinajstić information content (AvgIpc) is 2.41. The molecular weight excluding hydrogens is 315 g/mol. The number of nitrogen functional groups attached to an aromatic ring is 1. The molecule has 0 saturated heterocycles. The molecule has 0 radical (unpaired) electrons. The molecule has 0 aliphatic heterocycles. The molecule has 2 rings (SSSR count). The van der Waals surface area contributed by atoms with Crippen LogP contribution < -0.4 is 11.5 Å². The molecule has 0 aliphatic rings. The first-order chi connectivity index (χ1) is 9.85. The van der Waals surface area contributed by atoms with Crippen LogP contribution in [-0.4, -0.2) is 17.3 Å². The number of phenolic OH excluding ortho intramolecular Hbond substituents is 1. The number of anilines is 1. The normalized spacial score (nSPS) is 9.43. The Balaban J connectivity index is 0.000000211. The lowest BCUT2D eigenvalue weighted by Gasteiger charge is -1.99. The van der Waals surface area contributed by atoms with Gasteiger partial charge in [-0.2, -0.15) is 0 Å². The molecule has 1 amide bonds. The monoisotopic (exact) mass is 326 g/mol. The molecule has 110 valence electrons. The molecule has 0 aromatic heterocycles. The van der Waals surface area contributed by atoms with E-state index in [1.165, 1.54) is 30.3 Å². The summed E-state index contributed by atoms with van der Waals surface area (Å²) in [5.74, 6) is -0.585. The van der Waals surface area contributed by atoms with E-state index in [0.717, 1.165) is 0 Å². The van der Waals surface area contributed by atoms with Crippen molar-refractivity contribution in [2.24, 2.45) is 5.73 Å². The summed E-state index contributed by atoms with van der Waals surface area (Å²) in [5, 5.41) is 9.88. The Morgan fingerprint density at radius 3 is 2.14 bits per heavy atom. The molecule has 0 aliphatic carbocycles. The van der Waals surface area contributed by atoms with Crippen LogP contribution in [0, 0.1) is 0 Å². The fourth-order valence-electron chi connectivity index (χ4n) is 1.38. The van der Waals surface area contributed by atoms with Crippen LogP contribution in [0.25, 0.3) is 0 Å². The molecule has 0 saturated carbocycles. The van der Waals surface area contributed by atoms with Crippen molar-refractivity contribution in [2.75, 3.05) is 5.73 Å². The van der Waals surface area contributed by atoms with Gasteiger partial charge >= 0.3 is 0 Å². The van der Waals surface area contributed by atoms with Crippen molar-refractivity contribution >= 4 is 41.1 Å². The minimum Gasteiger partial charge on any atom is -0.507 e. The molecule has 0 heterocycles. The standard InChI is InChI=1S/C7H7ClN2O.C7H5ClO2/c8-4-1-2-5(7(10)11)6(9)3-4;8-6-1-2-7(10)5(3-6)4-9/h1-3H,9H2,(H2,10,11);1-4,10H. The highest BCUT2D eigenvalue weighted by molar-refractivity contribution is 6.31. The smallest absolute Gasteiger partial charge is 0.250 e. The Bertz CT molecular complexity index is 675. The maximum Gasteiger partial charge on any atom is 0.250 e. The number of benzene rings is 2. The number of hydrogen-bond acceptors (Lipinski definition) is 4. The van der Waals surface area contributed by atoms with Crippen molar-refractivity contribution in [3.05, 3.63) is 57.6 Å². The highest BCUT2D eigenvalue weighted by Gasteiger charge is 2.04. The summed E-state index contributed by atoms with van der Waals surface area (Å²) in [6, 6.07) is 8.86. The minimum atomic E-state index is -0.542. The number of halogens is 2. The second-order valence-corrected chi connectivity index (χ2v) is 4.79. The largest absolute Gasteiger partial charge is 0.507 e. The minimum absolute atomic E-state index is 0.0422. The molecule has 21 heavy (non-hydrogen) atoms. The lowest BCUT2D eigenvalue weighted by Crippen LogP contribution is -2.13. The first-order valence-electron chi connectivity index (χ1n) is 5.63. The summed E-state index contributed by atoms with van der Waals surface area (Å²) in [5.41, 5.74) is 11.3. The third-order valence-corrected chi connectivity index (χ3v) is 2.87. The predicted octanol–water partition coefficient (Wildman–Crippen LogP) is 2.88. The lowest BCUT2D eigenvalue weighted by molar-refractivity contribution is 0.100. The first-order valence-corrected chi connectivity index (χ1v) is 6.39. The third kappa shape index (κ3) is 4.98. The number of nitrogens with two attached hydrogens (primary N) is 2. The topological polar surface area (TPSA) is 106 Å². The number of carbonyl (C=O) groups excluding carboxylic acids is 2. The van der Waals surface area contributed by atoms with E-state index < -0.39 is 5.91 Å². The summed E-state index contributed by atoms with van der Waals surface area (Å²) >= 11 is 11.1. The Kier molecular flexibility index (Phi) is 6.02. The van der Waals surface area contributed by atoms with E-state index >= 15 is 0 Å². The molecule has 0 spiro atoms. The summed E-state index contributed by atoms with van der Waals surface area (Å²) in [4.78, 5) is 20.8. The number of rotatable bonds is 2. The zero-order valence-electron chi connectivity index (χ0n) is 10.7. The van der Waals surface area contributed by atoms with Gasteiger partial charge in [-0.15, -0.1) is 0 Å². The lowest BCUT2D eigenvalue weighted by atomic mass is 10.2. The van der Waals surface area contributed by atoms with E-state index in [2.05, 4.69) is 0 Å². The number of aromatic hydroxyl groups is 1. The maximum absolute atomic E-state index is 10.6. The molecule has 2 aromatic rings. The average molecular weight is 327 g/mol. The van der Waals surface area contributed by atoms with Crippen molar-refractivity contribution in [3.63, 3.8) is 0 Å². The van der Waals surface area contributed by atoms with Gasteiger partial charge in [0.1, 0.15) is 5.75 Å². The van der Waals surface area contributed by atoms with Crippen LogP contribution in [0.5, 0.6) is 5.75 Å². The van der Waals surface area contributed by atoms with Gasteiger partial charge in [-0.25, -0.2) is 0 Å². The van der Waals surface area contributed by atoms with Gasteiger partial charge in [0.05, 0.1) is 11.1 Å². The number of phenols is 1. The molecule has 0 atom stereocenters. The van der Waals surface area contributed by atoms with Gasteiger partial charge in [0, 0.05) is 15.7 Å². The number of hydrogen-bond donors (Lipinski definition) is 3. The number of carbonyl (C=O) groups is 2. The van der Waals surface area contributed by atoms with Crippen molar-refractivity contribution < 1.29 is 14.7 Å². The molecule has 5 nitrogen and oxygen atoms in total. The SMILES string of the molecule is NC(=O)c1ccc(Cl)cc1N.O=Cc1cc(Cl)ccc1O. The first kappa shape index (κ1) is 16.8. The molecule has 0 bridgehead atoms. The second-order valence-electron chi connectivity index (χ2n) is 3.92. The molecule has 0 unspecified atom stereocenters. The van der Waals surface area contributed by atoms with Crippen molar-refractivity contribution in [2.45, 2.75) is 0 Å². The number of aldehydes is 1. The second kappa shape index (κ2) is 7.52. The summed E-state index contributed by atoms with van der Waals surface area (Å²) in [7, 11) is 0. The van der Waals surface area contributed by atoms with Crippen LogP contribution in [-0.2, 0) is 0 Å². The predicted molar refractivity (Wildman–Crippen MR) is 82.9 cm³/mol. The van der Waals surface area contributed by atoms with Crippen LogP contribution in [0.3, 0.4) is 0 Å². The zero-order chi connectivity index (χ0) is 16.0. The maximum atomic E-state index is 10.6. The van der Waals surface area contributed by atoms with Gasteiger partial charge in [-0.3, -0.25) is 9.59 Å². The van der Waals surface area contributed by atoms with E-state index in [1.807, 2.05) is 0 Å². The van der Waals surface area contributed by atoms with E-state index in [0.29, 0.717) is 27.6 Å². The Labute approximate surface area is 131 Å². The number of amides is 1. The highest BCUT2D eigenvalue weighted by Crippen LogP contribution is 2.19. The molecule has 7 heteroatoms. The Hall–Kier alpha value is -2.24. The van der Waals surface area contributed by atoms with Crippen LogP contribution >= 0.6 is 23.2 Å². The molecule has 5 N–H and O–H groups in total. The summed E-state index contributed by atoms with van der Waals surface area (Å²) in [6.07, 6.45) is 0.557. The van der Waals surface area contributed by atoms with Crippen molar-refractivity contribution in [1.29, 1.82) is 0 Å². The highest BCUT2D eigenvalue weighted by atomic mass is 35.5. The van der Waals surface area contributed by atoms with Crippen LogP contribution in [0.4, 0.5) is 5.69 Å². The van der Waals surface area contributed by atoms with E-state index in [-0.39, 0.29) is 11.3 Å². The van der Waals surface area contributed by atoms with Gasteiger partial charge in [0.15, 0.2) is 6.29 Å². The number of primary amides is 1. The quantitative estimate of drug-likeness (QED) is 0.582. The van der Waals surface area contributed by atoms with E-state index in [4.69, 9.17) is 39.8 Å². The molecule has 0 fully saturated rings. The zero-order valence-corrected chi connectivity index (χ0v) is 12.2. The summed E-state index contributed by atoms with van der Waals surface area (Å²) < 4.78 is 0. The van der Waals surface area contributed by atoms with Crippen LogP contribution in [0.15, 0.2) is 36.4 Å². The van der Waals surface area contributed by atoms with E-state index in [9.17, 15) is 9.59 Å².